The van der Waals surface area contributed by atoms with Gasteiger partial charge in [-0.3, -0.25) is 9.78 Å². The van der Waals surface area contributed by atoms with Crippen LogP contribution in [0.2, 0.25) is 0 Å². The summed E-state index contributed by atoms with van der Waals surface area (Å²) in [6, 6.07) is 3.96. The number of thioether (sulfide) groups is 2. The average molecular weight is 254 g/mol. The molecule has 2 rings (SSSR count). The van der Waals surface area contributed by atoms with Gasteiger partial charge in [-0.15, -0.1) is 11.8 Å². The second-order valence-electron chi connectivity index (χ2n) is 3.53. The fraction of sp³-hybridized carbons (Fsp3) is 0.455. The highest BCUT2D eigenvalue weighted by atomic mass is 32.2. The van der Waals surface area contributed by atoms with Gasteiger partial charge in [0, 0.05) is 30.3 Å². The van der Waals surface area contributed by atoms with Crippen molar-refractivity contribution in [3.8, 4) is 0 Å². The first-order valence-electron chi connectivity index (χ1n) is 5.13. The number of hydrogen-bond acceptors (Lipinski definition) is 4. The maximum absolute atomic E-state index is 11.7. The molecule has 86 valence electrons. The lowest BCUT2D eigenvalue weighted by atomic mass is 10.2. The van der Waals surface area contributed by atoms with Crippen molar-refractivity contribution < 1.29 is 4.79 Å². The Labute approximate surface area is 104 Å². The summed E-state index contributed by atoms with van der Waals surface area (Å²) in [4.78, 5) is 17.8. The fourth-order valence-corrected chi connectivity index (χ4v) is 3.26. The summed E-state index contributed by atoms with van der Waals surface area (Å²) in [6.07, 6.45) is 5.67. The molecule has 5 heteroatoms. The van der Waals surface area contributed by atoms with Crippen LogP contribution in [0.25, 0.3) is 0 Å². The zero-order valence-corrected chi connectivity index (χ0v) is 10.8. The highest BCUT2D eigenvalue weighted by molar-refractivity contribution is 8.00. The Bertz CT molecular complexity index is 358. The third kappa shape index (κ3) is 2.52. The molecule has 1 atom stereocenters. The normalized spacial score (nSPS) is 20.4. The number of pyridine rings is 1. The van der Waals surface area contributed by atoms with Crippen LogP contribution in [0.4, 0.5) is 0 Å². The number of carbonyl (C=O) groups excluding carboxylic acids is 1. The SMILES string of the molecule is CSCCN1C(=O)CSC1c1cccnc1. The van der Waals surface area contributed by atoms with Crippen LogP contribution in [-0.4, -0.2) is 40.1 Å². The third-order valence-electron chi connectivity index (χ3n) is 2.47. The summed E-state index contributed by atoms with van der Waals surface area (Å²) < 4.78 is 0. The molecule has 1 saturated heterocycles. The first-order valence-corrected chi connectivity index (χ1v) is 7.57. The van der Waals surface area contributed by atoms with E-state index in [0.29, 0.717) is 5.75 Å². The van der Waals surface area contributed by atoms with Gasteiger partial charge in [0.05, 0.1) is 5.75 Å². The monoisotopic (exact) mass is 254 g/mol. The molecule has 1 aliphatic heterocycles. The molecular weight excluding hydrogens is 240 g/mol. The average Bonchev–Trinajstić information content (AvgIpc) is 2.69. The maximum atomic E-state index is 11.7. The van der Waals surface area contributed by atoms with Crippen molar-refractivity contribution >= 4 is 29.4 Å². The standard InChI is InChI=1S/C11H14N2OS2/c1-15-6-5-13-10(14)8-16-11(13)9-3-2-4-12-7-9/h2-4,7,11H,5-6,8H2,1H3. The Morgan fingerprint density at radius 3 is 3.25 bits per heavy atom. The second-order valence-corrected chi connectivity index (χ2v) is 5.58. The molecule has 0 N–H and O–H groups in total. The number of carbonyl (C=O) groups is 1. The van der Waals surface area contributed by atoms with Gasteiger partial charge in [-0.05, 0) is 12.3 Å². The summed E-state index contributed by atoms with van der Waals surface area (Å²) in [7, 11) is 0. The predicted octanol–water partition coefficient (Wildman–Crippen LogP) is 2.02. The van der Waals surface area contributed by atoms with Gasteiger partial charge in [0.25, 0.3) is 0 Å². The highest BCUT2D eigenvalue weighted by Crippen LogP contribution is 2.37. The first kappa shape index (κ1) is 11.8. The smallest absolute Gasteiger partial charge is 0.233 e. The molecule has 3 nitrogen and oxygen atoms in total. The first-order chi connectivity index (χ1) is 7.83. The van der Waals surface area contributed by atoms with E-state index in [1.54, 1.807) is 29.7 Å². The van der Waals surface area contributed by atoms with Crippen molar-refractivity contribution in [1.29, 1.82) is 0 Å². The molecule has 1 aromatic heterocycles. The summed E-state index contributed by atoms with van der Waals surface area (Å²) in [5, 5.41) is 0.161. The van der Waals surface area contributed by atoms with Crippen LogP contribution in [0.15, 0.2) is 24.5 Å². The van der Waals surface area contributed by atoms with E-state index < -0.39 is 0 Å². The highest BCUT2D eigenvalue weighted by Gasteiger charge is 2.32. The molecule has 0 aliphatic carbocycles. The molecule has 2 heterocycles. The molecule has 16 heavy (non-hydrogen) atoms. The lowest BCUT2D eigenvalue weighted by Gasteiger charge is -2.23. The fourth-order valence-electron chi connectivity index (χ4n) is 1.68. The topological polar surface area (TPSA) is 33.2 Å². The van der Waals surface area contributed by atoms with Gasteiger partial charge < -0.3 is 4.90 Å². The Balaban J connectivity index is 2.11. The molecule has 1 aromatic rings. The van der Waals surface area contributed by atoms with E-state index in [1.807, 2.05) is 23.2 Å². The van der Waals surface area contributed by atoms with Crippen LogP contribution < -0.4 is 0 Å². The third-order valence-corrected chi connectivity index (χ3v) is 4.32. The van der Waals surface area contributed by atoms with Gasteiger partial charge in [-0.25, -0.2) is 0 Å². The van der Waals surface area contributed by atoms with Crippen molar-refractivity contribution in [3.05, 3.63) is 30.1 Å². The molecule has 1 aliphatic rings. The summed E-state index contributed by atoms with van der Waals surface area (Å²) >= 11 is 3.46. The Morgan fingerprint density at radius 2 is 2.56 bits per heavy atom. The van der Waals surface area contributed by atoms with Crippen molar-refractivity contribution in [3.63, 3.8) is 0 Å². The molecule has 0 aromatic carbocycles. The van der Waals surface area contributed by atoms with Crippen molar-refractivity contribution in [2.75, 3.05) is 24.3 Å². The minimum Gasteiger partial charge on any atom is -0.325 e. The van der Waals surface area contributed by atoms with Gasteiger partial charge in [-0.1, -0.05) is 6.07 Å². The van der Waals surface area contributed by atoms with Crippen LogP contribution in [0, 0.1) is 0 Å². The number of hydrogen-bond donors (Lipinski definition) is 0. The Morgan fingerprint density at radius 1 is 1.69 bits per heavy atom. The molecule has 1 unspecified atom stereocenters. The van der Waals surface area contributed by atoms with Gasteiger partial charge in [0.2, 0.25) is 5.91 Å². The van der Waals surface area contributed by atoms with E-state index in [4.69, 9.17) is 0 Å². The zero-order valence-electron chi connectivity index (χ0n) is 9.13. The van der Waals surface area contributed by atoms with E-state index in [1.165, 1.54) is 0 Å². The molecule has 0 bridgehead atoms. The number of rotatable bonds is 4. The van der Waals surface area contributed by atoms with E-state index in [0.717, 1.165) is 17.9 Å². The summed E-state index contributed by atoms with van der Waals surface area (Å²) in [5.74, 6) is 1.82. The molecule has 0 saturated carbocycles. The Hall–Kier alpha value is -0.680. The van der Waals surface area contributed by atoms with Crippen LogP contribution in [-0.2, 0) is 4.79 Å². The van der Waals surface area contributed by atoms with Crippen molar-refractivity contribution in [1.82, 2.24) is 9.88 Å². The summed E-state index contributed by atoms with van der Waals surface area (Å²) in [5.41, 5.74) is 1.12. The molecular formula is C11H14N2OS2. The maximum Gasteiger partial charge on any atom is 0.233 e. The minimum absolute atomic E-state index is 0.161. The van der Waals surface area contributed by atoms with Crippen LogP contribution in [0.5, 0.6) is 0 Å². The molecule has 1 fully saturated rings. The molecule has 0 radical (unpaired) electrons. The van der Waals surface area contributed by atoms with E-state index in [-0.39, 0.29) is 11.3 Å². The Kier molecular flexibility index (Phi) is 4.12. The largest absolute Gasteiger partial charge is 0.325 e. The number of nitrogens with zero attached hydrogens (tertiary/aromatic N) is 2. The minimum atomic E-state index is 0.161. The van der Waals surface area contributed by atoms with Gasteiger partial charge >= 0.3 is 0 Å². The lowest BCUT2D eigenvalue weighted by molar-refractivity contribution is -0.127. The van der Waals surface area contributed by atoms with Crippen LogP contribution in [0.3, 0.4) is 0 Å². The van der Waals surface area contributed by atoms with Crippen LogP contribution in [0.1, 0.15) is 10.9 Å². The van der Waals surface area contributed by atoms with E-state index >= 15 is 0 Å². The quantitative estimate of drug-likeness (QED) is 0.823. The second kappa shape index (κ2) is 5.59. The van der Waals surface area contributed by atoms with Crippen LogP contribution >= 0.6 is 23.5 Å². The lowest BCUT2D eigenvalue weighted by Crippen LogP contribution is -2.30. The molecule has 1 amide bonds. The van der Waals surface area contributed by atoms with Gasteiger partial charge in [-0.2, -0.15) is 11.8 Å². The van der Waals surface area contributed by atoms with E-state index in [2.05, 4.69) is 11.2 Å². The van der Waals surface area contributed by atoms with Crippen molar-refractivity contribution in [2.24, 2.45) is 0 Å². The van der Waals surface area contributed by atoms with Crippen molar-refractivity contribution in [2.45, 2.75) is 5.37 Å². The van der Waals surface area contributed by atoms with Gasteiger partial charge in [0.1, 0.15) is 5.37 Å². The zero-order chi connectivity index (χ0) is 11.4. The van der Waals surface area contributed by atoms with Gasteiger partial charge in [0.15, 0.2) is 0 Å². The van der Waals surface area contributed by atoms with E-state index in [9.17, 15) is 4.79 Å². The molecule has 0 spiro atoms. The summed E-state index contributed by atoms with van der Waals surface area (Å²) in [6.45, 7) is 0.826. The number of amides is 1. The predicted molar refractivity (Wildman–Crippen MR) is 69.5 cm³/mol. The number of aromatic nitrogens is 1.